The number of amides is 2. The number of halogens is 1. The first kappa shape index (κ1) is 28.4. The van der Waals surface area contributed by atoms with Gasteiger partial charge in [-0.3, -0.25) is 19.7 Å². The molecule has 4 rings (SSSR count). The van der Waals surface area contributed by atoms with Crippen molar-refractivity contribution >= 4 is 53.0 Å². The van der Waals surface area contributed by atoms with Gasteiger partial charge in [-0.2, -0.15) is 5.10 Å². The first-order valence-corrected chi connectivity index (χ1v) is 12.4. The van der Waals surface area contributed by atoms with Crippen molar-refractivity contribution in [2.45, 2.75) is 0 Å². The Kier molecular flexibility index (Phi) is 9.32. The number of rotatable bonds is 9. The quantitative estimate of drug-likeness (QED) is 0.0645. The third-order valence-electron chi connectivity index (χ3n) is 5.49. The Labute approximate surface area is 239 Å². The number of carbonyl (C=O) groups excluding carboxylic acids is 3. The zero-order chi connectivity index (χ0) is 29.2. The second kappa shape index (κ2) is 13.5. The molecule has 0 saturated carbocycles. The van der Waals surface area contributed by atoms with Crippen LogP contribution in [0.2, 0.25) is 5.02 Å². The summed E-state index contributed by atoms with van der Waals surface area (Å²) >= 11 is 6.08. The van der Waals surface area contributed by atoms with E-state index in [0.717, 1.165) is 6.08 Å². The zero-order valence-electron chi connectivity index (χ0n) is 21.2. The van der Waals surface area contributed by atoms with Crippen molar-refractivity contribution in [2.75, 3.05) is 5.32 Å². The molecule has 0 radical (unpaired) electrons. The van der Waals surface area contributed by atoms with Crippen LogP contribution in [0.5, 0.6) is 5.75 Å². The molecule has 4 aromatic carbocycles. The van der Waals surface area contributed by atoms with E-state index in [2.05, 4.69) is 15.8 Å². The predicted octanol–water partition coefficient (Wildman–Crippen LogP) is 5.88. The molecule has 204 valence electrons. The lowest BCUT2D eigenvalue weighted by atomic mass is 10.1. The fourth-order valence-electron chi connectivity index (χ4n) is 3.54. The maximum atomic E-state index is 12.7. The number of carbonyl (C=O) groups is 3. The monoisotopic (exact) mass is 568 g/mol. The van der Waals surface area contributed by atoms with Crippen molar-refractivity contribution in [3.05, 3.63) is 141 Å². The summed E-state index contributed by atoms with van der Waals surface area (Å²) in [7, 11) is 0. The summed E-state index contributed by atoms with van der Waals surface area (Å²) in [6, 6.07) is 25.2. The predicted molar refractivity (Wildman–Crippen MR) is 155 cm³/mol. The summed E-state index contributed by atoms with van der Waals surface area (Å²) in [5, 5.41) is 17.9. The molecule has 10 nitrogen and oxygen atoms in total. The highest BCUT2D eigenvalue weighted by atomic mass is 35.5. The fraction of sp³-hybridized carbons (Fsp3) is 0. The van der Waals surface area contributed by atoms with Gasteiger partial charge in [0.1, 0.15) is 5.75 Å². The van der Waals surface area contributed by atoms with Crippen LogP contribution in [-0.4, -0.2) is 28.9 Å². The van der Waals surface area contributed by atoms with Crippen molar-refractivity contribution in [3.8, 4) is 5.75 Å². The van der Waals surface area contributed by atoms with Gasteiger partial charge in [0.05, 0.1) is 21.7 Å². The number of benzene rings is 4. The molecule has 41 heavy (non-hydrogen) atoms. The largest absolute Gasteiger partial charge is 0.423 e. The minimum Gasteiger partial charge on any atom is -0.423 e. The van der Waals surface area contributed by atoms with E-state index in [1.54, 1.807) is 72.8 Å². The molecule has 0 aliphatic heterocycles. The topological polar surface area (TPSA) is 140 Å². The van der Waals surface area contributed by atoms with Crippen LogP contribution < -0.4 is 15.5 Å². The summed E-state index contributed by atoms with van der Waals surface area (Å²) in [5.74, 6) is -1.48. The lowest BCUT2D eigenvalue weighted by Gasteiger charge is -2.08. The Morgan fingerprint density at radius 1 is 0.878 bits per heavy atom. The van der Waals surface area contributed by atoms with Gasteiger partial charge in [0, 0.05) is 35.0 Å². The Balaban J connectivity index is 1.37. The van der Waals surface area contributed by atoms with Crippen molar-refractivity contribution in [1.82, 2.24) is 5.43 Å². The van der Waals surface area contributed by atoms with Crippen LogP contribution >= 0.6 is 11.6 Å². The van der Waals surface area contributed by atoms with Gasteiger partial charge < -0.3 is 10.1 Å². The molecule has 0 aliphatic rings. The van der Waals surface area contributed by atoms with E-state index in [9.17, 15) is 24.5 Å². The minimum absolute atomic E-state index is 0.0994. The molecule has 0 bridgehead atoms. The van der Waals surface area contributed by atoms with Gasteiger partial charge in [-0.25, -0.2) is 10.2 Å². The van der Waals surface area contributed by atoms with Gasteiger partial charge >= 0.3 is 5.97 Å². The van der Waals surface area contributed by atoms with E-state index in [0.29, 0.717) is 27.4 Å². The molecule has 0 aliphatic carbocycles. The lowest BCUT2D eigenvalue weighted by molar-refractivity contribution is -0.384. The van der Waals surface area contributed by atoms with Gasteiger partial charge in [-0.15, -0.1) is 0 Å². The average Bonchev–Trinajstić information content (AvgIpc) is 2.97. The van der Waals surface area contributed by atoms with Gasteiger partial charge in [0.15, 0.2) is 0 Å². The first-order valence-electron chi connectivity index (χ1n) is 12.0. The third kappa shape index (κ3) is 7.94. The van der Waals surface area contributed by atoms with Crippen LogP contribution in [0, 0.1) is 10.1 Å². The number of nitro groups is 1. The van der Waals surface area contributed by atoms with Crippen LogP contribution in [0.4, 0.5) is 11.4 Å². The number of anilines is 1. The number of hydrazone groups is 1. The molecular formula is C30H21ClN4O6. The number of non-ortho nitro benzene ring substituents is 1. The number of hydrogen-bond donors (Lipinski definition) is 2. The first-order chi connectivity index (χ1) is 19.8. The second-order valence-corrected chi connectivity index (χ2v) is 8.77. The standard InChI is InChI=1S/C30H21ClN4O6/c31-26-13-3-2-12-25(26)30(38)33-23-10-6-9-21(18-23)29(37)34-32-19-22-8-1-4-14-27(22)41-28(36)16-15-20-7-5-11-24(17-20)35(39)40/h1-19H,(H,33,38)(H,34,37)/b16-15+,32-19?. The van der Waals surface area contributed by atoms with Crippen LogP contribution in [-0.2, 0) is 4.79 Å². The Morgan fingerprint density at radius 2 is 1.63 bits per heavy atom. The minimum atomic E-state index is -0.711. The highest BCUT2D eigenvalue weighted by molar-refractivity contribution is 6.34. The molecule has 2 amide bonds. The molecule has 11 heteroatoms. The molecule has 0 atom stereocenters. The molecule has 0 heterocycles. The van der Waals surface area contributed by atoms with Crippen LogP contribution in [0.15, 0.2) is 108 Å². The highest BCUT2D eigenvalue weighted by Crippen LogP contribution is 2.19. The van der Waals surface area contributed by atoms with E-state index >= 15 is 0 Å². The number of nitro benzene ring substituents is 1. The summed E-state index contributed by atoms with van der Waals surface area (Å²) in [5.41, 5.74) is 4.10. The Bertz CT molecular complexity index is 1690. The number of nitrogens with zero attached hydrogens (tertiary/aromatic N) is 2. The van der Waals surface area contributed by atoms with Gasteiger partial charge in [-0.05, 0) is 54.1 Å². The molecule has 4 aromatic rings. The molecule has 0 unspecified atom stereocenters. The number of nitrogens with one attached hydrogen (secondary N) is 2. The SMILES string of the molecule is O=C(/C=C/c1cccc([N+](=O)[O-])c1)Oc1ccccc1C=NNC(=O)c1cccc(NC(=O)c2ccccc2Cl)c1. The fourth-order valence-corrected chi connectivity index (χ4v) is 3.76. The van der Waals surface area contributed by atoms with Crippen LogP contribution in [0.25, 0.3) is 6.08 Å². The molecule has 0 spiro atoms. The molecule has 2 N–H and O–H groups in total. The number of para-hydroxylation sites is 1. The normalized spacial score (nSPS) is 10.9. The van der Waals surface area contributed by atoms with Crippen LogP contribution in [0.3, 0.4) is 0 Å². The summed E-state index contributed by atoms with van der Waals surface area (Å²) in [4.78, 5) is 47.9. The average molecular weight is 569 g/mol. The van der Waals surface area contributed by atoms with E-state index in [4.69, 9.17) is 16.3 Å². The van der Waals surface area contributed by atoms with E-state index in [1.807, 2.05) is 0 Å². The highest BCUT2D eigenvalue weighted by Gasteiger charge is 2.12. The maximum Gasteiger partial charge on any atom is 0.336 e. The molecule has 0 aromatic heterocycles. The number of esters is 1. The van der Waals surface area contributed by atoms with E-state index < -0.39 is 22.7 Å². The van der Waals surface area contributed by atoms with Crippen molar-refractivity contribution in [3.63, 3.8) is 0 Å². The van der Waals surface area contributed by atoms with Crippen LogP contribution in [0.1, 0.15) is 31.8 Å². The van der Waals surface area contributed by atoms with E-state index in [1.165, 1.54) is 36.6 Å². The van der Waals surface area contributed by atoms with Gasteiger partial charge in [-0.1, -0.05) is 54.1 Å². The molecule has 0 saturated heterocycles. The number of ether oxygens (including phenoxy) is 1. The smallest absolute Gasteiger partial charge is 0.336 e. The molecule has 0 fully saturated rings. The lowest BCUT2D eigenvalue weighted by Crippen LogP contribution is -2.18. The third-order valence-corrected chi connectivity index (χ3v) is 5.82. The Hall–Kier alpha value is -5.61. The summed E-state index contributed by atoms with van der Waals surface area (Å²) in [6.45, 7) is 0. The Morgan fingerprint density at radius 3 is 2.44 bits per heavy atom. The zero-order valence-corrected chi connectivity index (χ0v) is 21.9. The summed E-state index contributed by atoms with van der Waals surface area (Å²) in [6.07, 6.45) is 3.86. The number of hydrogen-bond acceptors (Lipinski definition) is 7. The molecular weight excluding hydrogens is 548 g/mol. The van der Waals surface area contributed by atoms with Gasteiger partial charge in [0.25, 0.3) is 17.5 Å². The maximum absolute atomic E-state index is 12.7. The van der Waals surface area contributed by atoms with Crippen molar-refractivity contribution < 1.29 is 24.0 Å². The second-order valence-electron chi connectivity index (χ2n) is 8.36. The summed E-state index contributed by atoms with van der Waals surface area (Å²) < 4.78 is 5.37. The van der Waals surface area contributed by atoms with Gasteiger partial charge in [0.2, 0.25) is 0 Å². The van der Waals surface area contributed by atoms with E-state index in [-0.39, 0.29) is 17.0 Å². The van der Waals surface area contributed by atoms with Crippen molar-refractivity contribution in [1.29, 1.82) is 0 Å². The van der Waals surface area contributed by atoms with Crippen molar-refractivity contribution in [2.24, 2.45) is 5.10 Å².